The van der Waals surface area contributed by atoms with Crippen molar-refractivity contribution < 1.29 is 28.9 Å². The molecule has 1 aromatic carbocycles. The summed E-state index contributed by atoms with van der Waals surface area (Å²) in [5.74, 6) is 0.189. The summed E-state index contributed by atoms with van der Waals surface area (Å²) in [7, 11) is 1.47. The van der Waals surface area contributed by atoms with Crippen molar-refractivity contribution in [1.29, 1.82) is 0 Å². The number of hydrogen-bond acceptors (Lipinski definition) is 5. The molecule has 1 fully saturated rings. The number of carbonyl (C=O) groups excluding carboxylic acids is 1. The van der Waals surface area contributed by atoms with Crippen LogP contribution in [0.15, 0.2) is 12.1 Å². The molecule has 3 rings (SSSR count). The molecular weight excluding hydrogens is 278 g/mol. The Morgan fingerprint density at radius 1 is 1.48 bits per heavy atom. The number of hydrogen-bond donors (Lipinski definition) is 1. The third-order valence-electron chi connectivity index (χ3n) is 3.62. The molecule has 7 nitrogen and oxygen atoms in total. The molecule has 7 heteroatoms. The van der Waals surface area contributed by atoms with E-state index in [4.69, 9.17) is 14.2 Å². The number of ether oxygens (including phenoxy) is 3. The maximum absolute atomic E-state index is 11.6. The smallest absolute Gasteiger partial charge is 0.331 e. The van der Waals surface area contributed by atoms with Gasteiger partial charge in [0, 0.05) is 6.04 Å². The Hall–Kier alpha value is -2.44. The Bertz CT molecular complexity index is 583. The summed E-state index contributed by atoms with van der Waals surface area (Å²) in [6, 6.07) is 2.09. The summed E-state index contributed by atoms with van der Waals surface area (Å²) >= 11 is 0. The van der Waals surface area contributed by atoms with Crippen LogP contribution >= 0.6 is 0 Å². The zero-order valence-electron chi connectivity index (χ0n) is 11.4. The molecule has 1 aliphatic heterocycles. The minimum atomic E-state index is -1.09. The fourth-order valence-corrected chi connectivity index (χ4v) is 2.48. The number of fused-ring (bicyclic) bond motifs is 1. The molecule has 2 aliphatic rings. The van der Waals surface area contributed by atoms with Crippen molar-refractivity contribution in [1.82, 2.24) is 4.90 Å². The van der Waals surface area contributed by atoms with Crippen LogP contribution in [0.2, 0.25) is 0 Å². The molecule has 0 bridgehead atoms. The number of benzene rings is 1. The van der Waals surface area contributed by atoms with Crippen LogP contribution in [0.4, 0.5) is 0 Å². The minimum absolute atomic E-state index is 0.0139. The van der Waals surface area contributed by atoms with Crippen LogP contribution in [0, 0.1) is 0 Å². The molecule has 1 amide bonds. The van der Waals surface area contributed by atoms with E-state index >= 15 is 0 Å². The van der Waals surface area contributed by atoms with E-state index in [0.29, 0.717) is 29.2 Å². The molecule has 1 saturated carbocycles. The predicted octanol–water partition coefficient (Wildman–Crippen LogP) is 1.17. The normalized spacial score (nSPS) is 17.2. The standard InChI is InChI=1S/C14H15NO6/c1-19-10-4-8(5-11-13(10)21-7-20-11)12(14(17)18)15(6-16)9-2-3-9/h4-6,9,12H,2-3,7H2,1H3,(H,17,18). The second-order valence-electron chi connectivity index (χ2n) is 4.98. The van der Waals surface area contributed by atoms with E-state index in [-0.39, 0.29) is 12.8 Å². The van der Waals surface area contributed by atoms with Crippen LogP contribution in [0.25, 0.3) is 0 Å². The lowest BCUT2D eigenvalue weighted by molar-refractivity contribution is -0.147. The summed E-state index contributed by atoms with van der Waals surface area (Å²) in [5, 5.41) is 9.50. The fourth-order valence-electron chi connectivity index (χ4n) is 2.48. The SMILES string of the molecule is COc1cc(C(C(=O)O)N(C=O)C2CC2)cc2c1OCO2. The number of rotatable bonds is 6. The number of nitrogens with zero attached hydrogens (tertiary/aromatic N) is 1. The Morgan fingerprint density at radius 3 is 2.81 bits per heavy atom. The van der Waals surface area contributed by atoms with Crippen LogP contribution in [-0.4, -0.2) is 42.3 Å². The quantitative estimate of drug-likeness (QED) is 0.792. The highest BCUT2D eigenvalue weighted by Gasteiger charge is 2.38. The molecule has 1 aromatic rings. The third-order valence-corrected chi connectivity index (χ3v) is 3.62. The van der Waals surface area contributed by atoms with Gasteiger partial charge in [0.1, 0.15) is 0 Å². The first-order valence-corrected chi connectivity index (χ1v) is 6.58. The van der Waals surface area contributed by atoms with Crippen LogP contribution in [0.3, 0.4) is 0 Å². The van der Waals surface area contributed by atoms with E-state index in [1.165, 1.54) is 12.0 Å². The van der Waals surface area contributed by atoms with Gasteiger partial charge in [0.25, 0.3) is 0 Å². The van der Waals surface area contributed by atoms with E-state index in [2.05, 4.69) is 0 Å². The van der Waals surface area contributed by atoms with Crippen molar-refractivity contribution in [3.63, 3.8) is 0 Å². The molecule has 21 heavy (non-hydrogen) atoms. The van der Waals surface area contributed by atoms with Crippen LogP contribution in [0.1, 0.15) is 24.4 Å². The highest BCUT2D eigenvalue weighted by atomic mass is 16.7. The van der Waals surface area contributed by atoms with Crippen molar-refractivity contribution in [2.24, 2.45) is 0 Å². The van der Waals surface area contributed by atoms with E-state index in [0.717, 1.165) is 12.8 Å². The Kier molecular flexibility index (Phi) is 3.32. The molecular formula is C14H15NO6. The van der Waals surface area contributed by atoms with E-state index in [1.54, 1.807) is 12.1 Å². The largest absolute Gasteiger partial charge is 0.493 e. The molecule has 112 valence electrons. The van der Waals surface area contributed by atoms with E-state index in [9.17, 15) is 14.7 Å². The molecule has 1 N–H and O–H groups in total. The number of carboxylic acid groups (broad SMARTS) is 1. The topological polar surface area (TPSA) is 85.3 Å². The molecule has 1 atom stereocenters. The third kappa shape index (κ3) is 2.35. The second kappa shape index (κ2) is 5.16. The zero-order valence-corrected chi connectivity index (χ0v) is 11.4. The minimum Gasteiger partial charge on any atom is -0.493 e. The lowest BCUT2D eigenvalue weighted by Gasteiger charge is -2.25. The highest BCUT2D eigenvalue weighted by molar-refractivity contribution is 5.79. The van der Waals surface area contributed by atoms with Gasteiger partial charge in [-0.25, -0.2) is 4.79 Å². The molecule has 0 radical (unpaired) electrons. The lowest BCUT2D eigenvalue weighted by Crippen LogP contribution is -2.34. The van der Waals surface area contributed by atoms with Crippen LogP contribution < -0.4 is 14.2 Å². The van der Waals surface area contributed by atoms with Gasteiger partial charge in [0.15, 0.2) is 17.5 Å². The van der Waals surface area contributed by atoms with Gasteiger partial charge >= 0.3 is 5.97 Å². The van der Waals surface area contributed by atoms with Crippen molar-refractivity contribution in [3.05, 3.63) is 17.7 Å². The Balaban J connectivity index is 2.03. The molecule has 1 heterocycles. The van der Waals surface area contributed by atoms with Crippen molar-refractivity contribution in [2.45, 2.75) is 24.9 Å². The molecule has 1 unspecified atom stereocenters. The first kappa shape index (κ1) is 13.5. The predicted molar refractivity (Wildman–Crippen MR) is 70.4 cm³/mol. The molecule has 1 aliphatic carbocycles. The summed E-state index contributed by atoms with van der Waals surface area (Å²) in [4.78, 5) is 24.2. The molecule has 0 aromatic heterocycles. The Labute approximate surface area is 121 Å². The first-order chi connectivity index (χ1) is 10.2. The van der Waals surface area contributed by atoms with Crippen molar-refractivity contribution in [3.8, 4) is 17.2 Å². The Morgan fingerprint density at radius 2 is 2.24 bits per heavy atom. The summed E-state index contributed by atoms with van der Waals surface area (Å²) in [6.45, 7) is 0.0624. The lowest BCUT2D eigenvalue weighted by atomic mass is 10.0. The number of carboxylic acids is 1. The summed E-state index contributed by atoms with van der Waals surface area (Å²) < 4.78 is 15.8. The fraction of sp³-hybridized carbons (Fsp3) is 0.429. The first-order valence-electron chi connectivity index (χ1n) is 6.58. The summed E-state index contributed by atoms with van der Waals surface area (Å²) in [6.07, 6.45) is 2.24. The van der Waals surface area contributed by atoms with Crippen LogP contribution in [-0.2, 0) is 9.59 Å². The number of amides is 1. The van der Waals surface area contributed by atoms with Gasteiger partial charge in [-0.2, -0.15) is 0 Å². The number of methoxy groups -OCH3 is 1. The summed E-state index contributed by atoms with van der Waals surface area (Å²) in [5.41, 5.74) is 0.433. The maximum Gasteiger partial charge on any atom is 0.331 e. The monoisotopic (exact) mass is 293 g/mol. The second-order valence-corrected chi connectivity index (χ2v) is 4.98. The van der Waals surface area contributed by atoms with Crippen molar-refractivity contribution >= 4 is 12.4 Å². The molecule has 0 saturated heterocycles. The highest BCUT2D eigenvalue weighted by Crippen LogP contribution is 2.44. The van der Waals surface area contributed by atoms with E-state index in [1.807, 2.05) is 0 Å². The van der Waals surface area contributed by atoms with Gasteiger partial charge < -0.3 is 24.2 Å². The van der Waals surface area contributed by atoms with Gasteiger partial charge in [-0.3, -0.25) is 4.79 Å². The van der Waals surface area contributed by atoms with Gasteiger partial charge in [0.2, 0.25) is 19.0 Å². The molecule has 0 spiro atoms. The van der Waals surface area contributed by atoms with Gasteiger partial charge in [-0.15, -0.1) is 0 Å². The van der Waals surface area contributed by atoms with E-state index < -0.39 is 12.0 Å². The van der Waals surface area contributed by atoms with Crippen LogP contribution in [0.5, 0.6) is 17.2 Å². The van der Waals surface area contributed by atoms with Crippen molar-refractivity contribution in [2.75, 3.05) is 13.9 Å². The average Bonchev–Trinajstić information content (AvgIpc) is 3.20. The average molecular weight is 293 g/mol. The van der Waals surface area contributed by atoms with Gasteiger partial charge in [-0.05, 0) is 30.5 Å². The number of carbonyl (C=O) groups is 2. The van der Waals surface area contributed by atoms with Gasteiger partial charge in [-0.1, -0.05) is 0 Å². The van der Waals surface area contributed by atoms with Gasteiger partial charge in [0.05, 0.1) is 7.11 Å². The number of aliphatic carboxylic acids is 1. The maximum atomic E-state index is 11.6. The zero-order chi connectivity index (χ0) is 15.0.